The van der Waals surface area contributed by atoms with E-state index in [2.05, 4.69) is 16.2 Å². The Bertz CT molecular complexity index is 1470. The molecule has 0 aliphatic rings. The number of carbonyl (C=O) groups is 3. The Balaban J connectivity index is 0.000000860. The molecule has 3 aromatic carbocycles. The van der Waals surface area contributed by atoms with Crippen LogP contribution in [0.1, 0.15) is 27.5 Å². The van der Waals surface area contributed by atoms with Crippen molar-refractivity contribution in [2.24, 2.45) is 5.73 Å². The SMILES string of the molecule is COc1cc(F)c(C(Nc2ccc(C(=N)N)cc2)C(=O)NNC(=O)c2ccccc2N(C)C)cc1OC.O=C(O)CN(F)F. The van der Waals surface area contributed by atoms with E-state index in [0.29, 0.717) is 22.5 Å². The molecular formula is C28H32F3N7O6. The summed E-state index contributed by atoms with van der Waals surface area (Å²) < 4.78 is 47.1. The molecule has 0 spiro atoms. The lowest BCUT2D eigenvalue weighted by Gasteiger charge is -2.22. The number of amidine groups is 1. The predicted octanol–water partition coefficient (Wildman–Crippen LogP) is 2.95. The number of hydrogen-bond acceptors (Lipinski definition) is 9. The van der Waals surface area contributed by atoms with Crippen LogP contribution in [0.15, 0.2) is 60.7 Å². The zero-order chi connectivity index (χ0) is 33.0. The molecule has 236 valence electrons. The molecule has 3 aromatic rings. The Kier molecular flexibility index (Phi) is 12.8. The van der Waals surface area contributed by atoms with E-state index < -0.39 is 41.5 Å². The molecule has 44 heavy (non-hydrogen) atoms. The second kappa shape index (κ2) is 16.2. The highest BCUT2D eigenvalue weighted by atomic mass is 19.4. The van der Waals surface area contributed by atoms with Gasteiger partial charge in [0.05, 0.1) is 19.8 Å². The summed E-state index contributed by atoms with van der Waals surface area (Å²) in [5.41, 5.74) is 12.2. The van der Waals surface area contributed by atoms with Gasteiger partial charge < -0.3 is 30.5 Å². The number of nitrogens with zero attached hydrogens (tertiary/aromatic N) is 2. The van der Waals surface area contributed by atoms with E-state index in [1.54, 1.807) is 67.5 Å². The van der Waals surface area contributed by atoms with Crippen LogP contribution in [0.3, 0.4) is 0 Å². The van der Waals surface area contributed by atoms with Crippen molar-refractivity contribution in [3.63, 3.8) is 0 Å². The molecule has 0 aliphatic carbocycles. The van der Waals surface area contributed by atoms with Crippen LogP contribution in [0.5, 0.6) is 11.5 Å². The van der Waals surface area contributed by atoms with Gasteiger partial charge in [0.25, 0.3) is 11.8 Å². The zero-order valence-corrected chi connectivity index (χ0v) is 24.2. The molecule has 16 heteroatoms. The number of nitrogens with one attached hydrogen (secondary N) is 4. The molecule has 0 bridgehead atoms. The minimum Gasteiger partial charge on any atom is -0.493 e. The number of hydrazine groups is 1. The molecule has 7 N–H and O–H groups in total. The van der Waals surface area contributed by atoms with Gasteiger partial charge in [-0.25, -0.2) is 4.39 Å². The standard InChI is InChI=1S/C26H29FN6O4.C2H3F2NO2/c1-33(2)20-8-6-5-7-17(20)25(34)31-32-26(35)23(30-16-11-9-15(10-12-16)24(28)29)18-13-21(36-3)22(37-4)14-19(18)27;3-5(4)1-2(6)7/h5-14,23,30H,1-4H3,(H3,28,29)(H,31,34)(H,32,35);1H2,(H,6,7). The molecule has 0 aromatic heterocycles. The maximum Gasteiger partial charge on any atom is 0.323 e. The Morgan fingerprint density at radius 3 is 2.07 bits per heavy atom. The number of carbonyl (C=O) groups excluding carboxylic acids is 2. The highest BCUT2D eigenvalue weighted by molar-refractivity contribution is 6.01. The average Bonchev–Trinajstić information content (AvgIpc) is 2.98. The summed E-state index contributed by atoms with van der Waals surface area (Å²) in [6.45, 7) is -1.22. The summed E-state index contributed by atoms with van der Waals surface area (Å²) in [5.74, 6) is -3.29. The molecule has 0 aliphatic heterocycles. The topological polar surface area (TPSA) is 182 Å². The van der Waals surface area contributed by atoms with Crippen molar-refractivity contribution in [3.8, 4) is 11.5 Å². The summed E-state index contributed by atoms with van der Waals surface area (Å²) >= 11 is 0. The third-order valence-corrected chi connectivity index (χ3v) is 5.77. The van der Waals surface area contributed by atoms with Crippen molar-refractivity contribution < 1.29 is 42.3 Å². The average molecular weight is 620 g/mol. The van der Waals surface area contributed by atoms with Gasteiger partial charge in [-0.1, -0.05) is 12.1 Å². The third kappa shape index (κ3) is 9.80. The van der Waals surface area contributed by atoms with Crippen molar-refractivity contribution >= 4 is 35.0 Å². The molecule has 1 unspecified atom stereocenters. The highest BCUT2D eigenvalue weighted by Crippen LogP contribution is 2.34. The van der Waals surface area contributed by atoms with E-state index in [1.165, 1.54) is 20.3 Å². The van der Waals surface area contributed by atoms with E-state index in [0.717, 1.165) is 6.07 Å². The fourth-order valence-electron chi connectivity index (χ4n) is 3.70. The number of nitrogen functional groups attached to an aromatic ring is 1. The van der Waals surface area contributed by atoms with Crippen molar-refractivity contribution in [3.05, 3.63) is 83.2 Å². The summed E-state index contributed by atoms with van der Waals surface area (Å²) in [7, 11) is 6.35. The van der Waals surface area contributed by atoms with Crippen LogP contribution >= 0.6 is 0 Å². The largest absolute Gasteiger partial charge is 0.493 e. The van der Waals surface area contributed by atoms with Gasteiger partial charge in [-0.2, -0.15) is 0 Å². The number of carboxylic acids is 1. The number of methoxy groups -OCH3 is 2. The number of para-hydroxylation sites is 1. The lowest BCUT2D eigenvalue weighted by atomic mass is 10.0. The lowest BCUT2D eigenvalue weighted by Crippen LogP contribution is -2.46. The Labute approximate surface area is 250 Å². The molecule has 3 rings (SSSR count). The van der Waals surface area contributed by atoms with Crippen LogP contribution in [-0.2, 0) is 9.59 Å². The predicted molar refractivity (Wildman–Crippen MR) is 156 cm³/mol. The van der Waals surface area contributed by atoms with Crippen LogP contribution < -0.4 is 36.3 Å². The number of benzene rings is 3. The number of halogens is 3. The van der Waals surface area contributed by atoms with Gasteiger partial charge in [-0.15, -0.1) is 8.96 Å². The normalized spacial score (nSPS) is 10.9. The van der Waals surface area contributed by atoms with Crippen LogP contribution in [-0.4, -0.2) is 68.9 Å². The third-order valence-electron chi connectivity index (χ3n) is 5.77. The van der Waals surface area contributed by atoms with Crippen molar-refractivity contribution in [1.29, 1.82) is 5.41 Å². The van der Waals surface area contributed by atoms with E-state index in [4.69, 9.17) is 25.7 Å². The van der Waals surface area contributed by atoms with Crippen molar-refractivity contribution in [2.75, 3.05) is 45.1 Å². The molecule has 0 saturated carbocycles. The van der Waals surface area contributed by atoms with Crippen LogP contribution in [0.2, 0.25) is 0 Å². The monoisotopic (exact) mass is 619 g/mol. The number of amides is 2. The number of aliphatic carboxylic acids is 1. The summed E-state index contributed by atoms with van der Waals surface area (Å²) in [5, 5.41) is 16.7. The first-order valence-corrected chi connectivity index (χ1v) is 12.6. The minimum absolute atomic E-state index is 0.0475. The molecule has 0 heterocycles. The van der Waals surface area contributed by atoms with Crippen molar-refractivity contribution in [2.45, 2.75) is 6.04 Å². The van der Waals surface area contributed by atoms with Gasteiger partial charge in [0.2, 0.25) is 0 Å². The highest BCUT2D eigenvalue weighted by Gasteiger charge is 2.27. The first-order valence-electron chi connectivity index (χ1n) is 12.6. The first kappa shape index (κ1) is 34.7. The Morgan fingerprint density at radius 1 is 0.977 bits per heavy atom. The number of carboxylic acid groups (broad SMARTS) is 1. The molecule has 0 fully saturated rings. The zero-order valence-electron chi connectivity index (χ0n) is 24.2. The van der Waals surface area contributed by atoms with E-state index in [1.807, 2.05) is 0 Å². The van der Waals surface area contributed by atoms with Crippen LogP contribution in [0.4, 0.5) is 24.7 Å². The second-order valence-electron chi connectivity index (χ2n) is 9.01. The fraction of sp³-hybridized carbons (Fsp3) is 0.214. The van der Waals surface area contributed by atoms with E-state index >= 15 is 4.39 Å². The smallest absolute Gasteiger partial charge is 0.323 e. The van der Waals surface area contributed by atoms with Gasteiger partial charge in [-0.3, -0.25) is 30.6 Å². The number of hydrogen-bond donors (Lipinski definition) is 6. The lowest BCUT2D eigenvalue weighted by molar-refractivity contribution is -0.175. The maximum atomic E-state index is 15.1. The molecule has 13 nitrogen and oxygen atoms in total. The summed E-state index contributed by atoms with van der Waals surface area (Å²) in [6.07, 6.45) is 0. The minimum atomic E-state index is -1.54. The molecular weight excluding hydrogens is 587 g/mol. The number of anilines is 2. The first-order chi connectivity index (χ1) is 20.8. The quantitative estimate of drug-likeness (QED) is 0.0808. The summed E-state index contributed by atoms with van der Waals surface area (Å²) in [4.78, 5) is 37.2. The number of ether oxygens (including phenoxy) is 2. The van der Waals surface area contributed by atoms with Gasteiger partial charge in [0.15, 0.2) is 18.0 Å². The second-order valence-corrected chi connectivity index (χ2v) is 9.01. The Morgan fingerprint density at radius 2 is 1.57 bits per heavy atom. The van der Waals surface area contributed by atoms with Crippen molar-refractivity contribution in [1.82, 2.24) is 16.2 Å². The van der Waals surface area contributed by atoms with Gasteiger partial charge in [-0.05, 0) is 42.5 Å². The van der Waals surface area contributed by atoms with E-state index in [-0.39, 0.29) is 22.9 Å². The number of rotatable bonds is 11. The maximum absolute atomic E-state index is 15.1. The molecule has 0 radical (unpaired) electrons. The molecule has 2 amide bonds. The van der Waals surface area contributed by atoms with Gasteiger partial charge in [0.1, 0.15) is 17.7 Å². The fourth-order valence-corrected chi connectivity index (χ4v) is 3.70. The molecule has 1 atom stereocenters. The van der Waals surface area contributed by atoms with Gasteiger partial charge in [0, 0.05) is 48.0 Å². The number of nitrogens with two attached hydrogens (primary N) is 1. The van der Waals surface area contributed by atoms with Crippen LogP contribution in [0.25, 0.3) is 0 Å². The van der Waals surface area contributed by atoms with E-state index in [9.17, 15) is 23.3 Å². The summed E-state index contributed by atoms with van der Waals surface area (Å²) in [6, 6.07) is 14.4. The Hall–Kier alpha value is -5.51. The van der Waals surface area contributed by atoms with Gasteiger partial charge >= 0.3 is 5.97 Å². The van der Waals surface area contributed by atoms with Crippen LogP contribution in [0, 0.1) is 11.2 Å². The molecule has 0 saturated heterocycles.